The molecule has 170 valence electrons. The van der Waals surface area contributed by atoms with Crippen molar-refractivity contribution in [1.82, 2.24) is 4.57 Å². The van der Waals surface area contributed by atoms with Gasteiger partial charge in [0.2, 0.25) is 0 Å². The average molecular weight is 447 g/mol. The lowest BCUT2D eigenvalue weighted by Crippen LogP contribution is -2.52. The molecule has 1 aromatic heterocycles. The van der Waals surface area contributed by atoms with E-state index in [1.807, 2.05) is 0 Å². The number of nitrogens with zero attached hydrogens (tertiary/aromatic N) is 1. The number of aldehydes is 1. The van der Waals surface area contributed by atoms with Crippen LogP contribution in [0.3, 0.4) is 0 Å². The van der Waals surface area contributed by atoms with Crippen LogP contribution in [0.4, 0.5) is 13.2 Å². The molecular formula is C24H24F3NO4. The van der Waals surface area contributed by atoms with Gasteiger partial charge >= 0.3 is 6.18 Å². The molecule has 0 saturated carbocycles. The van der Waals surface area contributed by atoms with Gasteiger partial charge in [-0.1, -0.05) is 26.0 Å². The van der Waals surface area contributed by atoms with Crippen molar-refractivity contribution >= 4 is 17.2 Å². The van der Waals surface area contributed by atoms with Crippen LogP contribution in [-0.2, 0) is 12.0 Å². The van der Waals surface area contributed by atoms with Crippen molar-refractivity contribution in [3.05, 3.63) is 76.1 Å². The Morgan fingerprint density at radius 2 is 1.78 bits per heavy atom. The number of hydrogen-bond acceptors (Lipinski definition) is 4. The summed E-state index contributed by atoms with van der Waals surface area (Å²) >= 11 is 0. The van der Waals surface area contributed by atoms with Crippen molar-refractivity contribution in [3.63, 3.8) is 0 Å². The number of aromatic nitrogens is 1. The summed E-state index contributed by atoms with van der Waals surface area (Å²) in [5.41, 5.74) is -3.71. The molecule has 1 unspecified atom stereocenters. The van der Waals surface area contributed by atoms with Crippen LogP contribution in [0.25, 0.3) is 10.9 Å². The van der Waals surface area contributed by atoms with Gasteiger partial charge in [0.25, 0.3) is 0 Å². The van der Waals surface area contributed by atoms with E-state index in [0.29, 0.717) is 23.1 Å². The summed E-state index contributed by atoms with van der Waals surface area (Å²) in [6.07, 6.45) is -3.82. The molecule has 3 rings (SSSR count). The molecule has 8 heteroatoms. The lowest BCUT2D eigenvalue weighted by atomic mass is 9.74. The maximum atomic E-state index is 14.2. The third kappa shape index (κ3) is 4.41. The second kappa shape index (κ2) is 8.43. The summed E-state index contributed by atoms with van der Waals surface area (Å²) in [6, 6.07) is 12.0. The molecule has 0 amide bonds. The third-order valence-electron chi connectivity index (χ3n) is 5.67. The van der Waals surface area contributed by atoms with Crippen LogP contribution < -0.4 is 10.2 Å². The molecule has 0 fully saturated rings. The van der Waals surface area contributed by atoms with E-state index in [9.17, 15) is 27.9 Å². The van der Waals surface area contributed by atoms with Gasteiger partial charge in [-0.15, -0.1) is 0 Å². The molecule has 1 atom stereocenters. The number of fused-ring (bicyclic) bond motifs is 1. The first-order valence-electron chi connectivity index (χ1n) is 9.93. The number of benzene rings is 2. The molecule has 0 aliphatic carbocycles. The molecule has 5 nitrogen and oxygen atoms in total. The number of carbonyl (C=O) groups is 1. The minimum atomic E-state index is -4.97. The minimum absolute atomic E-state index is 0.263. The number of alkyl halides is 3. The van der Waals surface area contributed by atoms with Crippen LogP contribution >= 0.6 is 0 Å². The van der Waals surface area contributed by atoms with E-state index in [1.54, 1.807) is 26.0 Å². The Hall–Kier alpha value is -3.13. The summed E-state index contributed by atoms with van der Waals surface area (Å²) in [5, 5.41) is 11.2. The zero-order valence-electron chi connectivity index (χ0n) is 17.9. The van der Waals surface area contributed by atoms with Crippen LogP contribution in [0.1, 0.15) is 36.2 Å². The Labute approximate surface area is 183 Å². The number of para-hydroxylation sites is 1. The first kappa shape index (κ1) is 23.5. The number of halogens is 3. The average Bonchev–Trinajstić information content (AvgIpc) is 2.74. The lowest BCUT2D eigenvalue weighted by molar-refractivity contribution is -0.271. The Balaban J connectivity index is 2.09. The Bertz CT molecular complexity index is 1200. The Morgan fingerprint density at radius 1 is 1.09 bits per heavy atom. The highest BCUT2D eigenvalue weighted by molar-refractivity contribution is 5.78. The summed E-state index contributed by atoms with van der Waals surface area (Å²) in [7, 11) is 1.39. The summed E-state index contributed by atoms with van der Waals surface area (Å²) in [5.74, 6) is 0.318. The topological polar surface area (TPSA) is 68.5 Å². The molecule has 32 heavy (non-hydrogen) atoms. The fraction of sp³-hybridized carbons (Fsp3) is 0.333. The molecule has 1 heterocycles. The second-order valence-electron chi connectivity index (χ2n) is 8.49. The van der Waals surface area contributed by atoms with Crippen molar-refractivity contribution in [3.8, 4) is 5.75 Å². The van der Waals surface area contributed by atoms with Gasteiger partial charge in [-0.3, -0.25) is 9.59 Å². The van der Waals surface area contributed by atoms with Crippen LogP contribution in [0, 0.1) is 0 Å². The van der Waals surface area contributed by atoms with Gasteiger partial charge < -0.3 is 14.4 Å². The van der Waals surface area contributed by atoms with E-state index in [1.165, 1.54) is 54.3 Å². The maximum Gasteiger partial charge on any atom is 0.418 e. The predicted octanol–water partition coefficient (Wildman–Crippen LogP) is 4.48. The standard InChI is InChI=1S/C24H24F3NO4/c1-22(2,18-12-16(13-29)8-9-21(18)32-3)14-23(31,24(25,26)27)15-28-11-10-20(30)17-6-4-5-7-19(17)28/h4-13,31H,14-15H2,1-3H3. The number of hydrogen-bond donors (Lipinski definition) is 1. The zero-order chi connectivity index (χ0) is 23.7. The highest BCUT2D eigenvalue weighted by atomic mass is 19.4. The van der Waals surface area contributed by atoms with Crippen LogP contribution in [0.2, 0.25) is 0 Å². The molecule has 0 spiro atoms. The lowest BCUT2D eigenvalue weighted by Gasteiger charge is -2.39. The van der Waals surface area contributed by atoms with Gasteiger partial charge in [-0.25, -0.2) is 0 Å². The molecule has 3 aromatic rings. The van der Waals surface area contributed by atoms with Gasteiger partial charge in [-0.2, -0.15) is 13.2 Å². The summed E-state index contributed by atoms with van der Waals surface area (Å²) in [6.45, 7) is 2.30. The van der Waals surface area contributed by atoms with Crippen molar-refractivity contribution in [1.29, 1.82) is 0 Å². The number of ether oxygens (including phenoxy) is 1. The SMILES string of the molecule is COc1ccc(C=O)cc1C(C)(C)CC(O)(Cn1ccc(=O)c2ccccc21)C(F)(F)F. The largest absolute Gasteiger partial charge is 0.496 e. The Morgan fingerprint density at radius 3 is 2.41 bits per heavy atom. The van der Waals surface area contributed by atoms with Crippen LogP contribution in [0.5, 0.6) is 5.75 Å². The normalized spacial score (nSPS) is 14.2. The van der Waals surface area contributed by atoms with Gasteiger partial charge in [0.05, 0.1) is 19.2 Å². The van der Waals surface area contributed by atoms with Crippen molar-refractivity contribution in [2.75, 3.05) is 7.11 Å². The fourth-order valence-corrected chi connectivity index (χ4v) is 4.08. The Kier molecular flexibility index (Phi) is 6.20. The highest BCUT2D eigenvalue weighted by Gasteiger charge is 2.56. The van der Waals surface area contributed by atoms with Crippen molar-refractivity contribution in [2.24, 2.45) is 0 Å². The zero-order valence-corrected chi connectivity index (χ0v) is 17.9. The predicted molar refractivity (Wildman–Crippen MR) is 115 cm³/mol. The third-order valence-corrected chi connectivity index (χ3v) is 5.67. The second-order valence-corrected chi connectivity index (χ2v) is 8.49. The molecule has 0 saturated heterocycles. The first-order valence-corrected chi connectivity index (χ1v) is 9.93. The molecule has 0 aliphatic heterocycles. The summed E-state index contributed by atoms with van der Waals surface area (Å²) < 4.78 is 49.2. The van der Waals surface area contributed by atoms with E-state index in [0.717, 1.165) is 0 Å². The van der Waals surface area contributed by atoms with E-state index in [2.05, 4.69) is 0 Å². The van der Waals surface area contributed by atoms with E-state index in [4.69, 9.17) is 4.74 Å². The van der Waals surface area contributed by atoms with Gasteiger partial charge in [-0.05, 0) is 42.2 Å². The molecule has 0 bridgehead atoms. The quantitative estimate of drug-likeness (QED) is 0.542. The minimum Gasteiger partial charge on any atom is -0.496 e. The molecular weight excluding hydrogens is 423 g/mol. The number of aliphatic hydroxyl groups is 1. The van der Waals surface area contributed by atoms with E-state index >= 15 is 0 Å². The van der Waals surface area contributed by atoms with E-state index < -0.39 is 30.2 Å². The van der Waals surface area contributed by atoms with E-state index in [-0.39, 0.29) is 16.4 Å². The van der Waals surface area contributed by atoms with Crippen LogP contribution in [-0.4, -0.2) is 34.8 Å². The van der Waals surface area contributed by atoms with Crippen molar-refractivity contribution in [2.45, 2.75) is 44.0 Å². The van der Waals surface area contributed by atoms with Gasteiger partial charge in [0, 0.05) is 28.8 Å². The number of pyridine rings is 1. The molecule has 0 radical (unpaired) electrons. The molecule has 0 aliphatic rings. The highest BCUT2D eigenvalue weighted by Crippen LogP contribution is 2.44. The number of rotatable bonds is 7. The first-order chi connectivity index (χ1) is 14.9. The molecule has 1 N–H and O–H groups in total. The monoisotopic (exact) mass is 447 g/mol. The van der Waals surface area contributed by atoms with Gasteiger partial charge in [0.1, 0.15) is 12.0 Å². The summed E-state index contributed by atoms with van der Waals surface area (Å²) in [4.78, 5) is 23.3. The molecule has 2 aromatic carbocycles. The maximum absolute atomic E-state index is 14.2. The van der Waals surface area contributed by atoms with Gasteiger partial charge in [0.15, 0.2) is 11.0 Å². The number of carbonyl (C=O) groups excluding carboxylic acids is 1. The fourth-order valence-electron chi connectivity index (χ4n) is 4.08. The van der Waals surface area contributed by atoms with Crippen LogP contribution in [0.15, 0.2) is 59.5 Å². The smallest absolute Gasteiger partial charge is 0.418 e. The number of methoxy groups -OCH3 is 1. The van der Waals surface area contributed by atoms with Crippen molar-refractivity contribution < 1.29 is 27.8 Å².